The van der Waals surface area contributed by atoms with E-state index in [2.05, 4.69) is 10.3 Å². The molecular weight excluding hydrogens is 404 g/mol. The Labute approximate surface area is 179 Å². The summed E-state index contributed by atoms with van der Waals surface area (Å²) in [6.07, 6.45) is 2.21. The van der Waals surface area contributed by atoms with Gasteiger partial charge in [0.25, 0.3) is 0 Å². The fourth-order valence-corrected chi connectivity index (χ4v) is 4.21. The first-order chi connectivity index (χ1) is 14.7. The molecule has 3 N–H and O–H groups in total. The lowest BCUT2D eigenvalue weighted by Gasteiger charge is -2.44. The molecule has 0 atom stereocenters. The van der Waals surface area contributed by atoms with Crippen LogP contribution in [0.15, 0.2) is 36.4 Å². The SMILES string of the molecule is CC1(COc2cc(C(=O)O)nc(Nc3ccccc3)c2C(=N)C2CCC2)CC(F)(F)C1. The molecule has 0 spiro atoms. The molecule has 164 valence electrons. The maximum atomic E-state index is 13.4. The first kappa shape index (κ1) is 21.2. The number of anilines is 2. The van der Waals surface area contributed by atoms with Gasteiger partial charge in [-0.3, -0.25) is 0 Å². The molecule has 0 amide bonds. The van der Waals surface area contributed by atoms with Crippen molar-refractivity contribution in [2.24, 2.45) is 11.3 Å². The second-order valence-electron chi connectivity index (χ2n) is 8.88. The van der Waals surface area contributed by atoms with Gasteiger partial charge in [-0.25, -0.2) is 18.6 Å². The third-order valence-corrected chi connectivity index (χ3v) is 5.97. The summed E-state index contributed by atoms with van der Waals surface area (Å²) in [4.78, 5) is 15.9. The van der Waals surface area contributed by atoms with Gasteiger partial charge in [0.1, 0.15) is 11.6 Å². The summed E-state index contributed by atoms with van der Waals surface area (Å²) < 4.78 is 32.8. The van der Waals surface area contributed by atoms with Crippen molar-refractivity contribution in [3.05, 3.63) is 47.7 Å². The summed E-state index contributed by atoms with van der Waals surface area (Å²) in [6, 6.07) is 10.4. The van der Waals surface area contributed by atoms with Crippen LogP contribution in [-0.4, -0.2) is 34.3 Å². The zero-order valence-electron chi connectivity index (χ0n) is 17.3. The van der Waals surface area contributed by atoms with Crippen LogP contribution in [0.4, 0.5) is 20.3 Å². The van der Waals surface area contributed by atoms with Crippen LogP contribution in [-0.2, 0) is 0 Å². The first-order valence-corrected chi connectivity index (χ1v) is 10.4. The number of aromatic nitrogens is 1. The van der Waals surface area contributed by atoms with Crippen molar-refractivity contribution in [2.75, 3.05) is 11.9 Å². The minimum absolute atomic E-state index is 0.0153. The summed E-state index contributed by atoms with van der Waals surface area (Å²) in [5, 5.41) is 21.4. The molecule has 0 saturated heterocycles. The second-order valence-corrected chi connectivity index (χ2v) is 8.88. The molecule has 2 saturated carbocycles. The molecule has 1 heterocycles. The quantitative estimate of drug-likeness (QED) is 0.481. The van der Waals surface area contributed by atoms with Crippen LogP contribution in [0.1, 0.15) is 55.1 Å². The standard InChI is InChI=1S/C23H25F2N3O3/c1-22(11-23(24,25)12-22)13-31-17-10-16(21(29)30)28-20(27-15-8-3-2-4-9-15)18(17)19(26)14-6-5-7-14/h2-4,8-10,14,26H,5-7,11-13H2,1H3,(H,27,28)(H,29,30). The lowest BCUT2D eigenvalue weighted by atomic mass is 9.68. The molecule has 2 fully saturated rings. The largest absolute Gasteiger partial charge is 0.492 e. The van der Waals surface area contributed by atoms with Crippen molar-refractivity contribution in [3.63, 3.8) is 0 Å². The van der Waals surface area contributed by atoms with E-state index in [0.717, 1.165) is 19.3 Å². The monoisotopic (exact) mass is 429 g/mol. The zero-order chi connectivity index (χ0) is 22.2. The van der Waals surface area contributed by atoms with Gasteiger partial charge in [0.05, 0.1) is 12.2 Å². The summed E-state index contributed by atoms with van der Waals surface area (Å²) in [6.45, 7) is 1.74. The Hall–Kier alpha value is -3.03. The van der Waals surface area contributed by atoms with Crippen LogP contribution in [0.5, 0.6) is 5.75 Å². The van der Waals surface area contributed by atoms with E-state index in [1.807, 2.05) is 30.3 Å². The van der Waals surface area contributed by atoms with Crippen LogP contribution >= 0.6 is 0 Å². The Balaban J connectivity index is 1.71. The summed E-state index contributed by atoms with van der Waals surface area (Å²) in [5.41, 5.74) is 0.486. The second kappa shape index (κ2) is 7.90. The number of ether oxygens (including phenoxy) is 1. The normalized spacial score (nSPS) is 19.1. The zero-order valence-corrected chi connectivity index (χ0v) is 17.3. The molecule has 0 radical (unpaired) electrons. The van der Waals surface area contributed by atoms with E-state index in [1.165, 1.54) is 6.07 Å². The van der Waals surface area contributed by atoms with Gasteiger partial charge in [0.2, 0.25) is 5.92 Å². The van der Waals surface area contributed by atoms with Crippen LogP contribution < -0.4 is 10.1 Å². The van der Waals surface area contributed by atoms with Crippen molar-refractivity contribution in [1.29, 1.82) is 5.41 Å². The number of hydrogen-bond acceptors (Lipinski definition) is 5. The van der Waals surface area contributed by atoms with Crippen molar-refractivity contribution < 1.29 is 23.4 Å². The summed E-state index contributed by atoms with van der Waals surface area (Å²) >= 11 is 0. The highest BCUT2D eigenvalue weighted by Crippen LogP contribution is 2.52. The number of halogens is 2. The Morgan fingerprint density at radius 1 is 1.29 bits per heavy atom. The van der Waals surface area contributed by atoms with Gasteiger partial charge >= 0.3 is 5.97 Å². The minimum atomic E-state index is -2.69. The average Bonchev–Trinajstić information content (AvgIpc) is 2.63. The van der Waals surface area contributed by atoms with Crippen molar-refractivity contribution in [3.8, 4) is 5.75 Å². The Morgan fingerprint density at radius 2 is 1.97 bits per heavy atom. The molecule has 2 aliphatic carbocycles. The molecule has 2 aliphatic rings. The Bertz CT molecular complexity index is 999. The minimum Gasteiger partial charge on any atom is -0.492 e. The molecule has 0 unspecified atom stereocenters. The highest BCUT2D eigenvalue weighted by molar-refractivity contribution is 6.07. The number of nitrogens with zero attached hydrogens (tertiary/aromatic N) is 1. The fraction of sp³-hybridized carbons (Fsp3) is 0.435. The van der Waals surface area contributed by atoms with E-state index < -0.39 is 17.3 Å². The third kappa shape index (κ3) is 4.52. The predicted octanol–water partition coefficient (Wildman–Crippen LogP) is 5.51. The molecule has 1 aromatic carbocycles. The van der Waals surface area contributed by atoms with Crippen molar-refractivity contribution in [2.45, 2.75) is 45.0 Å². The van der Waals surface area contributed by atoms with E-state index in [9.17, 15) is 18.7 Å². The van der Waals surface area contributed by atoms with Crippen LogP contribution in [0.2, 0.25) is 0 Å². The van der Waals surface area contributed by atoms with Gasteiger partial charge in [-0.1, -0.05) is 31.5 Å². The molecule has 6 nitrogen and oxygen atoms in total. The number of aromatic carboxylic acids is 1. The van der Waals surface area contributed by atoms with E-state index >= 15 is 0 Å². The van der Waals surface area contributed by atoms with Gasteiger partial charge in [0, 0.05) is 41.6 Å². The average molecular weight is 429 g/mol. The lowest BCUT2D eigenvalue weighted by molar-refractivity contribution is -0.164. The van der Waals surface area contributed by atoms with Gasteiger partial charge in [-0.15, -0.1) is 0 Å². The topological polar surface area (TPSA) is 95.3 Å². The number of alkyl halides is 2. The number of para-hydroxylation sites is 1. The highest BCUT2D eigenvalue weighted by atomic mass is 19.3. The van der Waals surface area contributed by atoms with E-state index in [4.69, 9.17) is 10.1 Å². The number of pyridine rings is 1. The molecule has 2 aromatic rings. The summed E-state index contributed by atoms with van der Waals surface area (Å²) in [5.74, 6) is -3.46. The lowest BCUT2D eigenvalue weighted by Crippen LogP contribution is -2.47. The van der Waals surface area contributed by atoms with E-state index in [1.54, 1.807) is 6.92 Å². The van der Waals surface area contributed by atoms with E-state index in [0.29, 0.717) is 17.0 Å². The van der Waals surface area contributed by atoms with Crippen LogP contribution in [0.25, 0.3) is 0 Å². The van der Waals surface area contributed by atoms with Gasteiger partial charge in [0.15, 0.2) is 5.69 Å². The molecule has 4 rings (SSSR count). The van der Waals surface area contributed by atoms with Gasteiger partial charge in [-0.2, -0.15) is 0 Å². The molecule has 0 bridgehead atoms. The smallest absolute Gasteiger partial charge is 0.354 e. The maximum Gasteiger partial charge on any atom is 0.354 e. The molecule has 8 heteroatoms. The number of nitrogens with one attached hydrogen (secondary N) is 2. The number of hydrogen-bond donors (Lipinski definition) is 3. The number of carboxylic acids is 1. The van der Waals surface area contributed by atoms with Crippen LogP contribution in [0, 0.1) is 16.7 Å². The van der Waals surface area contributed by atoms with Gasteiger partial charge in [-0.05, 0) is 25.0 Å². The first-order valence-electron chi connectivity index (χ1n) is 10.4. The number of rotatable bonds is 8. The highest BCUT2D eigenvalue weighted by Gasteiger charge is 2.54. The number of carboxylic acid groups (broad SMARTS) is 1. The predicted molar refractivity (Wildman–Crippen MR) is 113 cm³/mol. The van der Waals surface area contributed by atoms with Crippen LogP contribution in [0.3, 0.4) is 0 Å². The van der Waals surface area contributed by atoms with Crippen molar-refractivity contribution in [1.82, 2.24) is 4.98 Å². The Morgan fingerprint density at radius 3 is 2.52 bits per heavy atom. The molecule has 1 aromatic heterocycles. The third-order valence-electron chi connectivity index (χ3n) is 5.97. The maximum absolute atomic E-state index is 13.4. The number of carbonyl (C=O) groups is 1. The molecular formula is C23H25F2N3O3. The summed E-state index contributed by atoms with van der Waals surface area (Å²) in [7, 11) is 0. The van der Waals surface area contributed by atoms with Crippen molar-refractivity contribution >= 4 is 23.2 Å². The Kier molecular flexibility index (Phi) is 5.41. The fourth-order valence-electron chi connectivity index (χ4n) is 4.21. The van der Waals surface area contributed by atoms with E-state index in [-0.39, 0.29) is 42.6 Å². The van der Waals surface area contributed by atoms with Gasteiger partial charge < -0.3 is 20.6 Å². The molecule has 0 aliphatic heterocycles. The molecule has 31 heavy (non-hydrogen) atoms. The number of benzene rings is 1.